The number of nitrogens with one attached hydrogen (secondary N) is 1. The van der Waals surface area contributed by atoms with E-state index in [1.165, 1.54) is 12.5 Å². The van der Waals surface area contributed by atoms with Crippen LogP contribution in [0.4, 0.5) is 4.39 Å². The predicted octanol–water partition coefficient (Wildman–Crippen LogP) is 0.563. The highest BCUT2D eigenvalue weighted by Crippen LogP contribution is 2.20. The van der Waals surface area contributed by atoms with Crippen molar-refractivity contribution in [2.45, 2.75) is 6.04 Å². The molecule has 16 heavy (non-hydrogen) atoms. The first-order valence-electron chi connectivity index (χ1n) is 4.64. The van der Waals surface area contributed by atoms with Crippen molar-refractivity contribution in [3.8, 4) is 0 Å². The highest BCUT2D eigenvalue weighted by Gasteiger charge is 2.17. The van der Waals surface area contributed by atoms with Gasteiger partial charge in [-0.15, -0.1) is 0 Å². The first kappa shape index (κ1) is 10.6. The number of pyridine rings is 1. The van der Waals surface area contributed by atoms with Crippen LogP contribution in [0.5, 0.6) is 0 Å². The molecule has 0 amide bonds. The number of hydrogen-bond acceptors (Lipinski definition) is 5. The largest absolute Gasteiger partial charge is 0.271 e. The number of nitrogens with two attached hydrogens (primary N) is 1. The maximum absolute atomic E-state index is 13.5. The van der Waals surface area contributed by atoms with Gasteiger partial charge in [-0.3, -0.25) is 10.8 Å². The lowest BCUT2D eigenvalue weighted by molar-refractivity contribution is 0.548. The van der Waals surface area contributed by atoms with Crippen molar-refractivity contribution >= 4 is 0 Å². The molecule has 0 saturated heterocycles. The Morgan fingerprint density at radius 2 is 2.06 bits per heavy atom. The highest BCUT2D eigenvalue weighted by atomic mass is 19.1. The van der Waals surface area contributed by atoms with Crippen LogP contribution in [-0.2, 0) is 0 Å². The summed E-state index contributed by atoms with van der Waals surface area (Å²) in [4.78, 5) is 11.5. The van der Waals surface area contributed by atoms with Gasteiger partial charge in [0.25, 0.3) is 0 Å². The lowest BCUT2D eigenvalue weighted by Gasteiger charge is -2.15. The van der Waals surface area contributed by atoms with Gasteiger partial charge in [0, 0.05) is 18.0 Å². The number of rotatable bonds is 3. The second-order valence-corrected chi connectivity index (χ2v) is 3.13. The Morgan fingerprint density at radius 3 is 2.69 bits per heavy atom. The van der Waals surface area contributed by atoms with E-state index in [2.05, 4.69) is 20.4 Å². The third-order valence-electron chi connectivity index (χ3n) is 2.18. The van der Waals surface area contributed by atoms with Crippen molar-refractivity contribution < 1.29 is 4.39 Å². The first-order chi connectivity index (χ1) is 7.83. The van der Waals surface area contributed by atoms with Crippen LogP contribution >= 0.6 is 0 Å². The van der Waals surface area contributed by atoms with Crippen LogP contribution in [0.3, 0.4) is 0 Å². The van der Waals surface area contributed by atoms with E-state index >= 15 is 0 Å². The lowest BCUT2D eigenvalue weighted by atomic mass is 10.1. The quantitative estimate of drug-likeness (QED) is 0.582. The van der Waals surface area contributed by atoms with Crippen LogP contribution in [0.15, 0.2) is 37.1 Å². The van der Waals surface area contributed by atoms with Gasteiger partial charge in [-0.1, -0.05) is 0 Å². The molecule has 5 nitrogen and oxygen atoms in total. The van der Waals surface area contributed by atoms with E-state index in [9.17, 15) is 4.39 Å². The molecule has 0 spiro atoms. The third kappa shape index (κ3) is 2.02. The Kier molecular flexibility index (Phi) is 3.13. The normalized spacial score (nSPS) is 12.4. The number of hydrazine groups is 1. The fourth-order valence-corrected chi connectivity index (χ4v) is 1.43. The summed E-state index contributed by atoms with van der Waals surface area (Å²) in [6, 6.07) is 2.72. The van der Waals surface area contributed by atoms with Gasteiger partial charge < -0.3 is 0 Å². The van der Waals surface area contributed by atoms with Gasteiger partial charge in [0.15, 0.2) is 0 Å². The molecule has 0 aliphatic rings. The van der Waals surface area contributed by atoms with E-state index in [0.717, 1.165) is 6.20 Å². The summed E-state index contributed by atoms with van der Waals surface area (Å²) in [5.41, 5.74) is 3.52. The Labute approximate surface area is 91.5 Å². The molecular weight excluding hydrogens is 209 g/mol. The van der Waals surface area contributed by atoms with Gasteiger partial charge in [-0.25, -0.2) is 19.8 Å². The average molecular weight is 219 g/mol. The van der Waals surface area contributed by atoms with E-state index in [0.29, 0.717) is 11.3 Å². The molecular formula is C10H10FN5. The van der Waals surface area contributed by atoms with Crippen LogP contribution < -0.4 is 11.3 Å². The topological polar surface area (TPSA) is 76.7 Å². The van der Waals surface area contributed by atoms with Gasteiger partial charge in [0.2, 0.25) is 0 Å². The molecule has 1 unspecified atom stereocenters. The molecule has 0 bridgehead atoms. The third-order valence-corrected chi connectivity index (χ3v) is 2.18. The van der Waals surface area contributed by atoms with Crippen molar-refractivity contribution in [1.29, 1.82) is 0 Å². The van der Waals surface area contributed by atoms with Crippen LogP contribution in [-0.4, -0.2) is 15.0 Å². The van der Waals surface area contributed by atoms with Gasteiger partial charge in [-0.2, -0.15) is 0 Å². The average Bonchev–Trinajstić information content (AvgIpc) is 2.34. The zero-order chi connectivity index (χ0) is 11.4. The van der Waals surface area contributed by atoms with Crippen molar-refractivity contribution in [2.24, 2.45) is 5.84 Å². The van der Waals surface area contributed by atoms with E-state index in [4.69, 9.17) is 5.84 Å². The maximum Gasteiger partial charge on any atom is 0.146 e. The molecule has 0 saturated carbocycles. The second-order valence-electron chi connectivity index (χ2n) is 3.13. The molecule has 82 valence electrons. The van der Waals surface area contributed by atoms with Crippen molar-refractivity contribution in [2.75, 3.05) is 0 Å². The van der Waals surface area contributed by atoms with E-state index in [1.807, 2.05) is 0 Å². The molecule has 3 N–H and O–H groups in total. The molecule has 6 heteroatoms. The smallest absolute Gasteiger partial charge is 0.146 e. The molecule has 1 atom stereocenters. The minimum absolute atomic E-state index is 0.399. The van der Waals surface area contributed by atoms with Crippen LogP contribution in [0.2, 0.25) is 0 Å². The van der Waals surface area contributed by atoms with Gasteiger partial charge in [-0.05, 0) is 12.1 Å². The zero-order valence-electron chi connectivity index (χ0n) is 8.34. The molecule has 0 aromatic carbocycles. The molecule has 0 fully saturated rings. The summed E-state index contributed by atoms with van der Waals surface area (Å²) >= 11 is 0. The van der Waals surface area contributed by atoms with Gasteiger partial charge >= 0.3 is 0 Å². The number of halogens is 1. The Hall–Kier alpha value is -1.92. The lowest BCUT2D eigenvalue weighted by Crippen LogP contribution is -2.30. The summed E-state index contributed by atoms with van der Waals surface area (Å²) in [7, 11) is 0. The highest BCUT2D eigenvalue weighted by molar-refractivity contribution is 5.25. The Bertz CT molecular complexity index is 462. The zero-order valence-corrected chi connectivity index (χ0v) is 8.34. The summed E-state index contributed by atoms with van der Waals surface area (Å²) in [6.07, 6.45) is 5.61. The summed E-state index contributed by atoms with van der Waals surface area (Å²) in [5.74, 6) is 4.98. The van der Waals surface area contributed by atoms with Gasteiger partial charge in [0.1, 0.15) is 12.1 Å². The van der Waals surface area contributed by atoms with Crippen LogP contribution in [0, 0.1) is 5.82 Å². The van der Waals surface area contributed by atoms with Crippen molar-refractivity contribution in [3.63, 3.8) is 0 Å². The number of nitrogens with zero attached hydrogens (tertiary/aromatic N) is 3. The molecule has 0 radical (unpaired) electrons. The van der Waals surface area contributed by atoms with Crippen molar-refractivity contribution in [3.05, 3.63) is 54.1 Å². The number of aromatic nitrogens is 3. The summed E-state index contributed by atoms with van der Waals surface area (Å²) in [5, 5.41) is 0. The SMILES string of the molecule is NNC(c1ccncn1)c1ccncc1F. The van der Waals surface area contributed by atoms with E-state index in [1.54, 1.807) is 18.3 Å². The maximum atomic E-state index is 13.5. The van der Waals surface area contributed by atoms with Crippen molar-refractivity contribution in [1.82, 2.24) is 20.4 Å². The molecule has 2 aromatic heterocycles. The van der Waals surface area contributed by atoms with E-state index < -0.39 is 11.9 Å². The van der Waals surface area contributed by atoms with Crippen LogP contribution in [0.1, 0.15) is 17.3 Å². The first-order valence-corrected chi connectivity index (χ1v) is 4.64. The second kappa shape index (κ2) is 4.73. The Morgan fingerprint density at radius 1 is 1.25 bits per heavy atom. The molecule has 0 aliphatic carbocycles. The molecule has 2 heterocycles. The summed E-state index contributed by atoms with van der Waals surface area (Å²) in [6.45, 7) is 0. The molecule has 2 rings (SSSR count). The fraction of sp³-hybridized carbons (Fsp3) is 0.100. The standard InChI is InChI=1S/C10H10FN5/c11-8-5-13-3-1-7(8)10(16-12)9-2-4-14-6-15-9/h1-6,10,16H,12H2. The minimum atomic E-state index is -0.508. The Balaban J connectivity index is 2.41. The predicted molar refractivity (Wildman–Crippen MR) is 55.4 cm³/mol. The summed E-state index contributed by atoms with van der Waals surface area (Å²) < 4.78 is 13.5. The van der Waals surface area contributed by atoms with Gasteiger partial charge in [0.05, 0.1) is 17.9 Å². The monoisotopic (exact) mass is 219 g/mol. The minimum Gasteiger partial charge on any atom is -0.271 e. The molecule has 2 aromatic rings. The van der Waals surface area contributed by atoms with E-state index in [-0.39, 0.29) is 0 Å². The molecule has 0 aliphatic heterocycles. The van der Waals surface area contributed by atoms with Crippen LogP contribution in [0.25, 0.3) is 0 Å². The number of hydrogen-bond donors (Lipinski definition) is 2. The fourth-order valence-electron chi connectivity index (χ4n) is 1.43.